The van der Waals surface area contributed by atoms with Gasteiger partial charge in [-0.15, -0.1) is 0 Å². The van der Waals surface area contributed by atoms with Crippen molar-refractivity contribution in [2.75, 3.05) is 19.0 Å². The Kier molecular flexibility index (Phi) is 7.31. The number of anilines is 2. The molecule has 2 N–H and O–H groups in total. The van der Waals surface area contributed by atoms with Crippen molar-refractivity contribution in [3.8, 4) is 5.75 Å². The van der Waals surface area contributed by atoms with Crippen molar-refractivity contribution in [2.45, 2.75) is 38.5 Å². The summed E-state index contributed by atoms with van der Waals surface area (Å²) in [5.41, 5.74) is -0.116. The Bertz CT molecular complexity index is 827. The van der Waals surface area contributed by atoms with Crippen molar-refractivity contribution in [3.05, 3.63) is 42.4 Å². The molecule has 8 heteroatoms. The summed E-state index contributed by atoms with van der Waals surface area (Å²) in [6, 6.07) is 7.34. The molecule has 2 aromatic rings. The zero-order chi connectivity index (χ0) is 20.6. The lowest BCUT2D eigenvalue weighted by Crippen LogP contribution is -2.38. The number of methoxy groups -OCH3 is 1. The van der Waals surface area contributed by atoms with Gasteiger partial charge in [-0.1, -0.05) is 19.1 Å². The smallest absolute Gasteiger partial charge is 0.318 e. The van der Waals surface area contributed by atoms with Crippen LogP contribution in [0.15, 0.2) is 36.7 Å². The van der Waals surface area contributed by atoms with E-state index in [0.717, 1.165) is 0 Å². The van der Waals surface area contributed by atoms with Crippen LogP contribution in [0, 0.1) is 0 Å². The average molecular weight is 387 g/mol. The van der Waals surface area contributed by atoms with E-state index >= 15 is 0 Å². The molecule has 1 aromatic carbocycles. The van der Waals surface area contributed by atoms with Gasteiger partial charge in [0.05, 0.1) is 31.3 Å². The SMILES string of the molecule is CCOC(=O)C(CC)(CCC(=O)O)c1cncc(Nc2ccccc2OC)n1. The second-order valence-corrected chi connectivity index (χ2v) is 6.16. The molecule has 0 aliphatic carbocycles. The summed E-state index contributed by atoms with van der Waals surface area (Å²) in [6.07, 6.45) is 3.24. The summed E-state index contributed by atoms with van der Waals surface area (Å²) in [5, 5.41) is 12.3. The minimum Gasteiger partial charge on any atom is -0.495 e. The first-order valence-corrected chi connectivity index (χ1v) is 9.08. The van der Waals surface area contributed by atoms with Gasteiger partial charge in [-0.25, -0.2) is 4.98 Å². The van der Waals surface area contributed by atoms with Crippen LogP contribution in [0.25, 0.3) is 0 Å². The van der Waals surface area contributed by atoms with E-state index in [0.29, 0.717) is 29.4 Å². The predicted octanol–water partition coefficient (Wildman–Crippen LogP) is 3.30. The Morgan fingerprint density at radius 1 is 1.21 bits per heavy atom. The van der Waals surface area contributed by atoms with Gasteiger partial charge in [-0.2, -0.15) is 0 Å². The third-order valence-electron chi connectivity index (χ3n) is 4.53. The molecule has 28 heavy (non-hydrogen) atoms. The molecule has 0 saturated heterocycles. The third-order valence-corrected chi connectivity index (χ3v) is 4.53. The maximum Gasteiger partial charge on any atom is 0.318 e. The normalized spacial score (nSPS) is 12.7. The minimum absolute atomic E-state index is 0.0739. The molecular weight excluding hydrogens is 362 g/mol. The van der Waals surface area contributed by atoms with E-state index in [1.165, 1.54) is 12.4 Å². The number of para-hydroxylation sites is 2. The fourth-order valence-corrected chi connectivity index (χ4v) is 2.97. The number of ether oxygens (including phenoxy) is 2. The Labute approximate surface area is 163 Å². The molecule has 1 heterocycles. The average Bonchev–Trinajstić information content (AvgIpc) is 2.69. The highest BCUT2D eigenvalue weighted by Crippen LogP contribution is 2.34. The maximum absolute atomic E-state index is 12.8. The van der Waals surface area contributed by atoms with Gasteiger partial charge in [0.25, 0.3) is 0 Å². The Hall–Kier alpha value is -3.16. The number of benzene rings is 1. The van der Waals surface area contributed by atoms with E-state index < -0.39 is 17.4 Å². The molecule has 0 aliphatic heterocycles. The molecule has 0 spiro atoms. The largest absolute Gasteiger partial charge is 0.495 e. The van der Waals surface area contributed by atoms with Crippen molar-refractivity contribution in [3.63, 3.8) is 0 Å². The highest BCUT2D eigenvalue weighted by molar-refractivity contribution is 5.83. The number of nitrogens with one attached hydrogen (secondary N) is 1. The van der Waals surface area contributed by atoms with Crippen LogP contribution in [-0.4, -0.2) is 40.7 Å². The van der Waals surface area contributed by atoms with Gasteiger partial charge >= 0.3 is 11.9 Å². The monoisotopic (exact) mass is 387 g/mol. The predicted molar refractivity (Wildman–Crippen MR) is 104 cm³/mol. The second-order valence-electron chi connectivity index (χ2n) is 6.16. The van der Waals surface area contributed by atoms with E-state index in [4.69, 9.17) is 14.6 Å². The molecule has 0 radical (unpaired) electrons. The maximum atomic E-state index is 12.8. The van der Waals surface area contributed by atoms with Crippen molar-refractivity contribution in [1.29, 1.82) is 0 Å². The first kappa shape index (κ1) is 21.1. The minimum atomic E-state index is -1.18. The molecular formula is C20H25N3O5. The Balaban J connectivity index is 2.42. The van der Waals surface area contributed by atoms with Crippen molar-refractivity contribution >= 4 is 23.4 Å². The van der Waals surface area contributed by atoms with Crippen molar-refractivity contribution < 1.29 is 24.2 Å². The number of aliphatic carboxylic acids is 1. The van der Waals surface area contributed by atoms with Crippen LogP contribution < -0.4 is 10.1 Å². The quantitative estimate of drug-likeness (QED) is 0.598. The van der Waals surface area contributed by atoms with Gasteiger partial charge in [-0.3, -0.25) is 14.6 Å². The van der Waals surface area contributed by atoms with E-state index in [1.807, 2.05) is 18.2 Å². The second kappa shape index (κ2) is 9.68. The number of rotatable bonds is 10. The molecule has 1 aromatic heterocycles. The zero-order valence-electron chi connectivity index (χ0n) is 16.3. The summed E-state index contributed by atoms with van der Waals surface area (Å²) in [7, 11) is 1.57. The number of carbonyl (C=O) groups excluding carboxylic acids is 1. The van der Waals surface area contributed by atoms with E-state index in [1.54, 1.807) is 27.0 Å². The van der Waals surface area contributed by atoms with E-state index in [-0.39, 0.29) is 19.4 Å². The van der Waals surface area contributed by atoms with Crippen LogP contribution >= 0.6 is 0 Å². The summed E-state index contributed by atoms with van der Waals surface area (Å²) >= 11 is 0. The lowest BCUT2D eigenvalue weighted by Gasteiger charge is -2.29. The lowest BCUT2D eigenvalue weighted by molar-refractivity contribution is -0.151. The van der Waals surface area contributed by atoms with Crippen LogP contribution in [0.2, 0.25) is 0 Å². The summed E-state index contributed by atoms with van der Waals surface area (Å²) < 4.78 is 10.6. The van der Waals surface area contributed by atoms with Crippen molar-refractivity contribution in [2.24, 2.45) is 0 Å². The molecule has 0 amide bonds. The van der Waals surface area contributed by atoms with E-state index in [2.05, 4.69) is 15.3 Å². The highest BCUT2D eigenvalue weighted by atomic mass is 16.5. The van der Waals surface area contributed by atoms with Crippen LogP contribution in [0.4, 0.5) is 11.5 Å². The Morgan fingerprint density at radius 2 is 1.96 bits per heavy atom. The van der Waals surface area contributed by atoms with Gasteiger partial charge < -0.3 is 19.9 Å². The zero-order valence-corrected chi connectivity index (χ0v) is 16.3. The molecule has 1 atom stereocenters. The van der Waals surface area contributed by atoms with Gasteiger partial charge in [0.2, 0.25) is 0 Å². The molecule has 1 unspecified atom stereocenters. The first-order chi connectivity index (χ1) is 13.5. The molecule has 0 saturated carbocycles. The number of carboxylic acids is 1. The standard InChI is InChI=1S/C20H25N3O5/c1-4-20(11-10-18(24)25,19(26)28-5-2)16-12-21-13-17(23-16)22-14-8-6-7-9-15(14)27-3/h6-9,12-13H,4-5,10-11H2,1-3H3,(H,22,23)(H,24,25). The van der Waals surface area contributed by atoms with E-state index in [9.17, 15) is 9.59 Å². The van der Waals surface area contributed by atoms with Crippen LogP contribution in [0.1, 0.15) is 38.8 Å². The number of nitrogens with zero attached hydrogens (tertiary/aromatic N) is 2. The summed E-state index contributed by atoms with van der Waals surface area (Å²) in [6.45, 7) is 3.71. The van der Waals surface area contributed by atoms with Crippen molar-refractivity contribution in [1.82, 2.24) is 9.97 Å². The van der Waals surface area contributed by atoms with Crippen LogP contribution in [0.5, 0.6) is 5.75 Å². The highest BCUT2D eigenvalue weighted by Gasteiger charge is 2.42. The molecule has 0 bridgehead atoms. The summed E-state index contributed by atoms with van der Waals surface area (Å²) in [4.78, 5) is 32.6. The van der Waals surface area contributed by atoms with Crippen LogP contribution in [0.3, 0.4) is 0 Å². The summed E-state index contributed by atoms with van der Waals surface area (Å²) in [5.74, 6) is -0.437. The third kappa shape index (κ3) is 4.76. The van der Waals surface area contributed by atoms with Crippen LogP contribution in [-0.2, 0) is 19.7 Å². The topological polar surface area (TPSA) is 111 Å². The molecule has 150 valence electrons. The van der Waals surface area contributed by atoms with Gasteiger partial charge in [0.15, 0.2) is 0 Å². The number of hydrogen-bond donors (Lipinski definition) is 2. The first-order valence-electron chi connectivity index (χ1n) is 9.08. The number of aromatic nitrogens is 2. The fourth-order valence-electron chi connectivity index (χ4n) is 2.97. The lowest BCUT2D eigenvalue weighted by atomic mass is 9.77. The van der Waals surface area contributed by atoms with Gasteiger partial charge in [-0.05, 0) is 31.9 Å². The number of carbonyl (C=O) groups is 2. The molecule has 0 aliphatic rings. The molecule has 2 rings (SSSR count). The fraction of sp³-hybridized carbons (Fsp3) is 0.400. The number of esters is 1. The molecule has 8 nitrogen and oxygen atoms in total. The van der Waals surface area contributed by atoms with Gasteiger partial charge in [0.1, 0.15) is 17.0 Å². The molecule has 0 fully saturated rings. The Morgan fingerprint density at radius 3 is 2.61 bits per heavy atom. The number of carboxylic acid groups (broad SMARTS) is 1. The number of hydrogen-bond acceptors (Lipinski definition) is 7. The van der Waals surface area contributed by atoms with Gasteiger partial charge in [0, 0.05) is 12.6 Å².